The summed E-state index contributed by atoms with van der Waals surface area (Å²) in [5.41, 5.74) is 8.38. The van der Waals surface area contributed by atoms with Crippen LogP contribution in [0.4, 0.5) is 4.39 Å². The van der Waals surface area contributed by atoms with Crippen LogP contribution in [0.5, 0.6) is 5.75 Å². The van der Waals surface area contributed by atoms with Crippen molar-refractivity contribution in [1.82, 2.24) is 4.57 Å². The summed E-state index contributed by atoms with van der Waals surface area (Å²) < 4.78 is 28.5. The van der Waals surface area contributed by atoms with Gasteiger partial charge in [-0.15, -0.1) is 0 Å². The van der Waals surface area contributed by atoms with Crippen molar-refractivity contribution in [2.75, 3.05) is 6.61 Å². The van der Waals surface area contributed by atoms with Crippen molar-refractivity contribution in [3.63, 3.8) is 0 Å². The standard InChI is InChI=1S/C32H35FN2O5/c1-7-9-19(13-14-34)20-11-12-22-24(16-20)30(36)35(6)27(29(31(37)38)40-32(3,4)5)26(22)23-17-25(33)28-21(18(23)2)10-8-15-39-28/h7,9,11-14,16-17,29H,1,8,10,15,34H2,2-6H3,(H,37,38)/b14-13-,19-9+/t29-/m0/s1. The van der Waals surface area contributed by atoms with E-state index < -0.39 is 29.1 Å². The minimum atomic E-state index is -1.50. The number of fused-ring (bicyclic) bond motifs is 2. The van der Waals surface area contributed by atoms with Gasteiger partial charge in [-0.1, -0.05) is 30.9 Å². The minimum Gasteiger partial charge on any atom is -0.490 e. The lowest BCUT2D eigenvalue weighted by Gasteiger charge is -2.29. The Morgan fingerprint density at radius 1 is 1.27 bits per heavy atom. The zero-order chi connectivity index (χ0) is 29.4. The fraction of sp³-hybridized carbons (Fsp3) is 0.312. The van der Waals surface area contributed by atoms with Gasteiger partial charge in [-0.25, -0.2) is 9.18 Å². The number of nitrogens with zero attached hydrogens (tertiary/aromatic N) is 1. The summed E-state index contributed by atoms with van der Waals surface area (Å²) in [7, 11) is 1.52. The molecule has 210 valence electrons. The molecule has 2 aromatic carbocycles. The molecule has 0 aliphatic carbocycles. The molecular formula is C32H35FN2O5. The van der Waals surface area contributed by atoms with Gasteiger partial charge in [-0.3, -0.25) is 4.79 Å². The molecular weight excluding hydrogens is 511 g/mol. The number of ether oxygens (including phenoxy) is 2. The zero-order valence-electron chi connectivity index (χ0n) is 23.5. The molecule has 0 amide bonds. The summed E-state index contributed by atoms with van der Waals surface area (Å²) >= 11 is 0. The molecule has 1 atom stereocenters. The Hall–Kier alpha value is -4.17. The van der Waals surface area contributed by atoms with Gasteiger partial charge in [0, 0.05) is 23.6 Å². The molecule has 0 saturated heterocycles. The fourth-order valence-electron chi connectivity index (χ4n) is 5.28. The van der Waals surface area contributed by atoms with E-state index in [0.29, 0.717) is 40.5 Å². The molecule has 7 nitrogen and oxygen atoms in total. The third-order valence-corrected chi connectivity index (χ3v) is 7.00. The fourth-order valence-corrected chi connectivity index (χ4v) is 5.28. The van der Waals surface area contributed by atoms with Gasteiger partial charge in [0.2, 0.25) is 0 Å². The number of rotatable bonds is 7. The number of nitrogens with two attached hydrogens (primary N) is 1. The van der Waals surface area contributed by atoms with Gasteiger partial charge in [0.05, 0.1) is 17.9 Å². The highest BCUT2D eigenvalue weighted by Gasteiger charge is 2.34. The van der Waals surface area contributed by atoms with Crippen LogP contribution in [-0.4, -0.2) is 27.9 Å². The average Bonchev–Trinajstić information content (AvgIpc) is 2.91. The molecule has 0 bridgehead atoms. The smallest absolute Gasteiger partial charge is 0.339 e. The van der Waals surface area contributed by atoms with Gasteiger partial charge in [0.15, 0.2) is 17.7 Å². The second kappa shape index (κ2) is 11.1. The number of benzene rings is 2. The highest BCUT2D eigenvalue weighted by molar-refractivity contribution is 6.01. The monoisotopic (exact) mass is 546 g/mol. The van der Waals surface area contributed by atoms with E-state index in [1.54, 1.807) is 51.1 Å². The normalized spacial score (nSPS) is 14.7. The number of hydrogen-bond donors (Lipinski definition) is 2. The Morgan fingerprint density at radius 2 is 2.00 bits per heavy atom. The number of halogens is 1. The van der Waals surface area contributed by atoms with E-state index in [9.17, 15) is 14.7 Å². The number of carbonyl (C=O) groups is 1. The lowest BCUT2D eigenvalue weighted by Crippen LogP contribution is -2.33. The van der Waals surface area contributed by atoms with Crippen LogP contribution in [0.25, 0.3) is 27.5 Å². The molecule has 40 heavy (non-hydrogen) atoms. The Balaban J connectivity index is 2.18. The van der Waals surface area contributed by atoms with E-state index in [0.717, 1.165) is 23.1 Å². The van der Waals surface area contributed by atoms with Crippen molar-refractivity contribution >= 4 is 22.3 Å². The van der Waals surface area contributed by atoms with Gasteiger partial charge in [-0.2, -0.15) is 0 Å². The van der Waals surface area contributed by atoms with E-state index in [1.165, 1.54) is 23.9 Å². The molecule has 4 rings (SSSR count). The van der Waals surface area contributed by atoms with Crippen molar-refractivity contribution in [2.24, 2.45) is 12.8 Å². The van der Waals surface area contributed by atoms with Crippen molar-refractivity contribution < 1.29 is 23.8 Å². The molecule has 0 saturated carbocycles. The molecule has 0 unspecified atom stereocenters. The molecule has 1 aliphatic rings. The molecule has 8 heteroatoms. The quantitative estimate of drug-likeness (QED) is 0.355. The number of aliphatic carboxylic acids is 1. The van der Waals surface area contributed by atoms with E-state index in [1.807, 2.05) is 13.0 Å². The molecule has 0 fully saturated rings. The molecule has 1 aromatic heterocycles. The Bertz CT molecular complexity index is 1630. The van der Waals surface area contributed by atoms with E-state index in [2.05, 4.69) is 6.58 Å². The van der Waals surface area contributed by atoms with E-state index in [4.69, 9.17) is 15.2 Å². The molecule has 0 spiro atoms. The number of carboxylic acids is 1. The highest BCUT2D eigenvalue weighted by Crippen LogP contribution is 2.43. The number of pyridine rings is 1. The average molecular weight is 547 g/mol. The first-order chi connectivity index (χ1) is 18.9. The first-order valence-corrected chi connectivity index (χ1v) is 13.1. The first kappa shape index (κ1) is 28.8. The largest absolute Gasteiger partial charge is 0.490 e. The Morgan fingerprint density at radius 3 is 2.62 bits per heavy atom. The topological polar surface area (TPSA) is 104 Å². The van der Waals surface area contributed by atoms with Gasteiger partial charge in [-0.05, 0) is 92.6 Å². The summed E-state index contributed by atoms with van der Waals surface area (Å²) in [6.07, 6.45) is 6.34. The maximum absolute atomic E-state index is 15.5. The molecule has 2 heterocycles. The number of aromatic nitrogens is 1. The van der Waals surface area contributed by atoms with Crippen LogP contribution in [0.3, 0.4) is 0 Å². The van der Waals surface area contributed by atoms with E-state index >= 15 is 4.39 Å². The van der Waals surface area contributed by atoms with Crippen LogP contribution in [0.2, 0.25) is 0 Å². The Kier molecular flexibility index (Phi) is 8.03. The van der Waals surface area contributed by atoms with E-state index in [-0.39, 0.29) is 11.4 Å². The highest BCUT2D eigenvalue weighted by atomic mass is 19.1. The van der Waals surface area contributed by atoms with Crippen LogP contribution in [0.1, 0.15) is 55.7 Å². The number of carboxylic acid groups (broad SMARTS) is 1. The summed E-state index contributed by atoms with van der Waals surface area (Å²) in [6.45, 7) is 11.3. The van der Waals surface area contributed by atoms with Crippen LogP contribution in [-0.2, 0) is 23.0 Å². The van der Waals surface area contributed by atoms with Crippen molar-refractivity contribution in [2.45, 2.75) is 52.2 Å². The van der Waals surface area contributed by atoms with Crippen LogP contribution in [0.15, 0.2) is 60.1 Å². The van der Waals surface area contributed by atoms with Crippen molar-refractivity contribution in [3.05, 3.63) is 93.8 Å². The zero-order valence-corrected chi connectivity index (χ0v) is 23.5. The van der Waals surface area contributed by atoms with Gasteiger partial charge < -0.3 is 24.9 Å². The predicted octanol–water partition coefficient (Wildman–Crippen LogP) is 5.96. The van der Waals surface area contributed by atoms with Gasteiger partial charge in [0.25, 0.3) is 5.56 Å². The molecule has 3 N–H and O–H groups in total. The summed E-state index contributed by atoms with van der Waals surface area (Å²) in [5, 5.41) is 11.2. The maximum atomic E-state index is 15.5. The second-order valence-corrected chi connectivity index (χ2v) is 10.8. The van der Waals surface area contributed by atoms with Crippen molar-refractivity contribution in [3.8, 4) is 16.9 Å². The summed E-state index contributed by atoms with van der Waals surface area (Å²) in [5.74, 6) is -1.57. The molecule has 0 radical (unpaired) electrons. The van der Waals surface area contributed by atoms with Crippen LogP contribution in [0, 0.1) is 12.7 Å². The minimum absolute atomic E-state index is 0.135. The molecule has 3 aromatic rings. The second-order valence-electron chi connectivity index (χ2n) is 10.8. The SMILES string of the molecule is C=C/C=C(\C=C/N)c1ccc2c(-c3cc(F)c4c(c3C)CCCO4)c([C@H](OC(C)(C)C)C(=O)O)n(C)c(=O)c2c1. The summed E-state index contributed by atoms with van der Waals surface area (Å²) in [4.78, 5) is 26.5. The van der Waals surface area contributed by atoms with Gasteiger partial charge in [0.1, 0.15) is 0 Å². The third-order valence-electron chi connectivity index (χ3n) is 7.00. The Labute approximate surface area is 233 Å². The molecule has 1 aliphatic heterocycles. The van der Waals surface area contributed by atoms with Crippen LogP contribution < -0.4 is 16.0 Å². The predicted molar refractivity (Wildman–Crippen MR) is 156 cm³/mol. The van der Waals surface area contributed by atoms with Crippen molar-refractivity contribution in [1.29, 1.82) is 0 Å². The van der Waals surface area contributed by atoms with Gasteiger partial charge >= 0.3 is 5.97 Å². The number of allylic oxidation sites excluding steroid dienone is 4. The maximum Gasteiger partial charge on any atom is 0.339 e. The summed E-state index contributed by atoms with van der Waals surface area (Å²) in [6, 6.07) is 6.67. The first-order valence-electron chi connectivity index (χ1n) is 13.1. The van der Waals surface area contributed by atoms with Crippen LogP contribution >= 0.6 is 0 Å². The third kappa shape index (κ3) is 5.31. The lowest BCUT2D eigenvalue weighted by atomic mass is 9.87. The number of hydrogen-bond acceptors (Lipinski definition) is 5. The lowest BCUT2D eigenvalue weighted by molar-refractivity contribution is -0.161.